The molecule has 40 heavy (non-hydrogen) atoms. The number of ether oxygens (including phenoxy) is 2. The molecule has 0 saturated heterocycles. The molecule has 0 aliphatic carbocycles. The molecule has 0 unspecified atom stereocenters. The van der Waals surface area contributed by atoms with Crippen LogP contribution in [-0.2, 0) is 19.5 Å². The van der Waals surface area contributed by atoms with Crippen LogP contribution in [0.3, 0.4) is 0 Å². The Bertz CT molecular complexity index is 1680. The minimum atomic E-state index is -0.373. The number of aromatic nitrogens is 5. The number of nitrogens with one attached hydrogen (secondary N) is 2. The van der Waals surface area contributed by atoms with Gasteiger partial charge in [0.15, 0.2) is 17.2 Å². The zero-order valence-electron chi connectivity index (χ0n) is 23.4. The first-order valence-corrected chi connectivity index (χ1v) is 13.3. The van der Waals surface area contributed by atoms with E-state index in [1.807, 2.05) is 45.9 Å². The molecule has 2 aromatic heterocycles. The van der Waals surface area contributed by atoms with Crippen molar-refractivity contribution in [1.29, 1.82) is 0 Å². The van der Waals surface area contributed by atoms with Crippen molar-refractivity contribution in [2.45, 2.75) is 47.2 Å². The van der Waals surface area contributed by atoms with Crippen molar-refractivity contribution < 1.29 is 14.3 Å². The van der Waals surface area contributed by atoms with E-state index in [4.69, 9.17) is 14.5 Å². The van der Waals surface area contributed by atoms with Crippen molar-refractivity contribution in [2.75, 3.05) is 20.3 Å². The first kappa shape index (κ1) is 26.9. The number of benzene rings is 2. The van der Waals surface area contributed by atoms with Crippen LogP contribution in [0.5, 0.6) is 11.5 Å². The van der Waals surface area contributed by atoms with Crippen LogP contribution < -0.4 is 26.0 Å². The number of fused-ring (bicyclic) bond motifs is 3. The van der Waals surface area contributed by atoms with E-state index in [0.29, 0.717) is 36.6 Å². The highest BCUT2D eigenvalue weighted by molar-refractivity contribution is 5.91. The molecular formula is C29H33N7O4. The zero-order valence-corrected chi connectivity index (χ0v) is 23.4. The van der Waals surface area contributed by atoms with Crippen LogP contribution in [0.1, 0.15) is 39.7 Å². The predicted octanol–water partition coefficient (Wildman–Crippen LogP) is 2.99. The number of aromatic amines is 1. The highest BCUT2D eigenvalue weighted by Crippen LogP contribution is 2.37. The summed E-state index contributed by atoms with van der Waals surface area (Å²) < 4.78 is 14.8. The third-order valence-electron chi connectivity index (χ3n) is 7.00. The van der Waals surface area contributed by atoms with Gasteiger partial charge in [-0.25, -0.2) is 9.79 Å². The number of hydrogen-bond donors (Lipinski definition) is 2. The van der Waals surface area contributed by atoms with E-state index >= 15 is 0 Å². The van der Waals surface area contributed by atoms with Crippen molar-refractivity contribution in [3.63, 3.8) is 0 Å². The molecule has 4 aromatic rings. The number of nitrogens with zero attached hydrogens (tertiary/aromatic N) is 5. The smallest absolute Gasteiger partial charge is 0.330 e. The summed E-state index contributed by atoms with van der Waals surface area (Å²) in [6, 6.07) is 10.0. The standard InChI is InChI=1S/C29H33N7O4/c1-6-40-25-13-20-7-9-35-23(21(20)14-24(25)39-5)15-26(32-27-18(3)11-17(2)12-19(27)4)36(29(35)38)10-8-30-28(37)22-16-31-34-33-22/h11-16H,6-10H2,1-5H3,(H,30,37)(H,31,33,34). The molecule has 5 rings (SSSR count). The van der Waals surface area contributed by atoms with Gasteiger partial charge in [-0.05, 0) is 62.9 Å². The molecule has 0 spiro atoms. The maximum atomic E-state index is 14.0. The average molecular weight is 544 g/mol. The number of amides is 1. The summed E-state index contributed by atoms with van der Waals surface area (Å²) in [5, 5.41) is 12.7. The SMILES string of the molecule is CCOc1cc2c(cc1OC)-c1cc(=Nc3c(C)cc(C)cc3C)n(CCNC(=O)c3cn[nH]n3)c(=O)n1CC2. The van der Waals surface area contributed by atoms with Crippen molar-refractivity contribution >= 4 is 11.6 Å². The van der Waals surface area contributed by atoms with Crippen molar-refractivity contribution in [3.05, 3.63) is 80.4 Å². The topological polar surface area (TPSA) is 128 Å². The monoisotopic (exact) mass is 543 g/mol. The van der Waals surface area contributed by atoms with Crippen molar-refractivity contribution in [3.8, 4) is 22.8 Å². The number of rotatable bonds is 8. The molecule has 1 aliphatic heterocycles. The number of hydrogen-bond acceptors (Lipinski definition) is 7. The van der Waals surface area contributed by atoms with E-state index in [1.54, 1.807) is 16.2 Å². The number of aryl methyl sites for hydroxylation is 4. The second-order valence-electron chi connectivity index (χ2n) is 9.79. The Balaban J connectivity index is 1.64. The first-order chi connectivity index (χ1) is 19.3. The summed E-state index contributed by atoms with van der Waals surface area (Å²) >= 11 is 0. The third-order valence-corrected chi connectivity index (χ3v) is 7.00. The average Bonchev–Trinajstić information content (AvgIpc) is 3.47. The molecule has 0 radical (unpaired) electrons. The molecule has 11 nitrogen and oxygen atoms in total. The van der Waals surface area contributed by atoms with E-state index in [-0.39, 0.29) is 30.4 Å². The predicted molar refractivity (Wildman–Crippen MR) is 150 cm³/mol. The summed E-state index contributed by atoms with van der Waals surface area (Å²) in [5.74, 6) is 0.920. The van der Waals surface area contributed by atoms with Gasteiger partial charge in [0.1, 0.15) is 5.49 Å². The third kappa shape index (κ3) is 5.14. The molecule has 208 valence electrons. The number of carbonyl (C=O) groups excluding carboxylic acids is 1. The van der Waals surface area contributed by atoms with Gasteiger partial charge in [0.2, 0.25) is 0 Å². The van der Waals surface area contributed by atoms with Crippen LogP contribution in [-0.4, -0.2) is 50.7 Å². The van der Waals surface area contributed by atoms with E-state index in [0.717, 1.165) is 39.2 Å². The molecule has 1 amide bonds. The summed E-state index contributed by atoms with van der Waals surface area (Å²) in [6.07, 6.45) is 2.02. The lowest BCUT2D eigenvalue weighted by molar-refractivity contribution is 0.0947. The fourth-order valence-corrected chi connectivity index (χ4v) is 5.22. The summed E-state index contributed by atoms with van der Waals surface area (Å²) in [4.78, 5) is 31.4. The highest BCUT2D eigenvalue weighted by atomic mass is 16.5. The Morgan fingerprint density at radius 2 is 1.90 bits per heavy atom. The second-order valence-corrected chi connectivity index (χ2v) is 9.79. The van der Waals surface area contributed by atoms with Crippen LogP contribution in [0.4, 0.5) is 5.69 Å². The van der Waals surface area contributed by atoms with Crippen LogP contribution >= 0.6 is 0 Å². The zero-order chi connectivity index (χ0) is 28.4. The summed E-state index contributed by atoms with van der Waals surface area (Å²) in [6.45, 7) is 9.48. The van der Waals surface area contributed by atoms with Crippen LogP contribution in [0.25, 0.3) is 11.3 Å². The lowest BCUT2D eigenvalue weighted by Gasteiger charge is -2.25. The summed E-state index contributed by atoms with van der Waals surface area (Å²) in [5.41, 5.74) is 7.23. The maximum Gasteiger partial charge on any atom is 0.330 e. The minimum absolute atomic E-state index is 0.181. The van der Waals surface area contributed by atoms with E-state index in [2.05, 4.69) is 32.9 Å². The Labute approximate surface area is 231 Å². The normalized spacial score (nSPS) is 12.6. The van der Waals surface area contributed by atoms with Gasteiger partial charge in [0.25, 0.3) is 5.91 Å². The molecule has 0 atom stereocenters. The lowest BCUT2D eigenvalue weighted by Crippen LogP contribution is -2.44. The second kappa shape index (κ2) is 11.2. The minimum Gasteiger partial charge on any atom is -0.493 e. The van der Waals surface area contributed by atoms with Crippen molar-refractivity contribution in [2.24, 2.45) is 4.99 Å². The van der Waals surface area contributed by atoms with E-state index < -0.39 is 0 Å². The largest absolute Gasteiger partial charge is 0.493 e. The van der Waals surface area contributed by atoms with Gasteiger partial charge in [-0.3, -0.25) is 13.9 Å². The lowest BCUT2D eigenvalue weighted by atomic mass is 9.97. The Hall–Kier alpha value is -4.67. The van der Waals surface area contributed by atoms with E-state index in [9.17, 15) is 9.59 Å². The fraction of sp³-hybridized carbons (Fsp3) is 0.345. The van der Waals surface area contributed by atoms with Gasteiger partial charge in [-0.15, -0.1) is 0 Å². The number of H-pyrrole nitrogens is 1. The number of methoxy groups -OCH3 is 1. The van der Waals surface area contributed by atoms with E-state index in [1.165, 1.54) is 6.20 Å². The Kier molecular flexibility index (Phi) is 7.54. The van der Waals surface area contributed by atoms with Gasteiger partial charge in [0.05, 0.1) is 31.3 Å². The van der Waals surface area contributed by atoms with Crippen molar-refractivity contribution in [1.82, 2.24) is 29.9 Å². The quantitative estimate of drug-likeness (QED) is 0.352. The molecule has 2 aromatic carbocycles. The van der Waals surface area contributed by atoms with Crippen LogP contribution in [0, 0.1) is 20.8 Å². The molecule has 1 aliphatic rings. The molecule has 11 heteroatoms. The molecule has 2 N–H and O–H groups in total. The van der Waals surface area contributed by atoms with Crippen LogP contribution in [0.15, 0.2) is 46.3 Å². The molecule has 0 bridgehead atoms. The molecular weight excluding hydrogens is 510 g/mol. The van der Waals surface area contributed by atoms with Gasteiger partial charge < -0.3 is 14.8 Å². The molecule has 0 fully saturated rings. The molecule has 0 saturated carbocycles. The van der Waals surface area contributed by atoms with Gasteiger partial charge >= 0.3 is 5.69 Å². The van der Waals surface area contributed by atoms with Crippen LogP contribution in [0.2, 0.25) is 0 Å². The summed E-state index contributed by atoms with van der Waals surface area (Å²) in [7, 11) is 1.61. The highest BCUT2D eigenvalue weighted by Gasteiger charge is 2.23. The maximum absolute atomic E-state index is 14.0. The van der Waals surface area contributed by atoms with Gasteiger partial charge in [0, 0.05) is 31.3 Å². The van der Waals surface area contributed by atoms with Gasteiger partial charge in [-0.2, -0.15) is 15.4 Å². The molecule has 3 heterocycles. The van der Waals surface area contributed by atoms with Gasteiger partial charge in [-0.1, -0.05) is 17.7 Å². The number of carbonyl (C=O) groups is 1. The Morgan fingerprint density at radius 1 is 1.12 bits per heavy atom. The first-order valence-electron chi connectivity index (χ1n) is 13.3. The fourth-order valence-electron chi connectivity index (χ4n) is 5.22. The Morgan fingerprint density at radius 3 is 2.58 bits per heavy atom.